The van der Waals surface area contributed by atoms with Crippen LogP contribution in [0.5, 0.6) is 5.75 Å². The van der Waals surface area contributed by atoms with Crippen LogP contribution in [0.1, 0.15) is 37.0 Å². The fourth-order valence-corrected chi connectivity index (χ4v) is 4.51. The van der Waals surface area contributed by atoms with Crippen molar-refractivity contribution in [3.05, 3.63) is 47.4 Å². The molecule has 0 bridgehead atoms. The first-order valence-corrected chi connectivity index (χ1v) is 11.0. The van der Waals surface area contributed by atoms with Crippen LogP contribution in [-0.2, 0) is 14.3 Å². The van der Waals surface area contributed by atoms with Crippen LogP contribution < -0.4 is 10.1 Å². The second-order valence-electron chi connectivity index (χ2n) is 7.01. The number of carbonyl (C=O) groups excluding carboxylic acids is 2. The van der Waals surface area contributed by atoms with E-state index in [0.29, 0.717) is 30.0 Å². The van der Waals surface area contributed by atoms with E-state index in [-0.39, 0.29) is 12.2 Å². The molecule has 0 saturated heterocycles. The first-order chi connectivity index (χ1) is 15.0. The van der Waals surface area contributed by atoms with Crippen LogP contribution in [-0.4, -0.2) is 36.2 Å². The highest BCUT2D eigenvalue weighted by atomic mass is 32.1. The maximum atomic E-state index is 12.9. The summed E-state index contributed by atoms with van der Waals surface area (Å²) in [4.78, 5) is 37.2. The largest absolute Gasteiger partial charge is 0.494 e. The number of rotatable bonds is 8. The van der Waals surface area contributed by atoms with E-state index in [0.717, 1.165) is 11.3 Å². The molecule has 0 radical (unpaired) electrons. The highest BCUT2D eigenvalue weighted by Gasteiger charge is 2.35. The van der Waals surface area contributed by atoms with Crippen LogP contribution in [0.4, 0.5) is 5.00 Å². The van der Waals surface area contributed by atoms with Gasteiger partial charge >= 0.3 is 11.9 Å². The molecule has 0 spiro atoms. The fraction of sp³-hybridized carbons (Fsp3) is 0.348. The van der Waals surface area contributed by atoms with Gasteiger partial charge in [-0.3, -0.25) is 9.59 Å². The van der Waals surface area contributed by atoms with Crippen molar-refractivity contribution in [1.82, 2.24) is 0 Å². The van der Waals surface area contributed by atoms with Crippen molar-refractivity contribution in [1.29, 1.82) is 0 Å². The molecule has 0 fully saturated rings. The van der Waals surface area contributed by atoms with Gasteiger partial charge in [-0.25, -0.2) is 4.79 Å². The summed E-state index contributed by atoms with van der Waals surface area (Å²) in [6.07, 6.45) is 4.24. The van der Waals surface area contributed by atoms with E-state index in [1.54, 1.807) is 18.4 Å². The number of hydrogen-bond donors (Lipinski definition) is 2. The van der Waals surface area contributed by atoms with Crippen molar-refractivity contribution in [3.8, 4) is 16.9 Å². The Morgan fingerprint density at radius 3 is 2.35 bits per heavy atom. The zero-order valence-corrected chi connectivity index (χ0v) is 18.2. The summed E-state index contributed by atoms with van der Waals surface area (Å²) in [6, 6.07) is 7.31. The van der Waals surface area contributed by atoms with Crippen LogP contribution in [0.15, 0.2) is 41.8 Å². The van der Waals surface area contributed by atoms with Crippen molar-refractivity contribution in [2.45, 2.75) is 26.7 Å². The van der Waals surface area contributed by atoms with Gasteiger partial charge < -0.3 is 19.9 Å². The number of anilines is 1. The molecule has 31 heavy (non-hydrogen) atoms. The Bertz CT molecular complexity index is 978. The molecule has 164 valence electrons. The van der Waals surface area contributed by atoms with Crippen LogP contribution in [0, 0.1) is 11.8 Å². The molecule has 2 atom stereocenters. The van der Waals surface area contributed by atoms with Crippen molar-refractivity contribution in [2.24, 2.45) is 11.8 Å². The molecule has 3 rings (SSSR count). The number of carboxylic acids is 1. The standard InChI is InChI=1S/C23H25NO6S/c1-3-29-15-11-9-14(10-12-15)18-13-31-21(19(18)23(28)30-4-2)24-20(25)16-7-5-6-8-17(16)22(26)27/h5-6,9-13,16-17H,3-4,7-8H2,1-2H3,(H,24,25)(H,26,27). The number of carbonyl (C=O) groups is 3. The average Bonchev–Trinajstić information content (AvgIpc) is 3.18. The van der Waals surface area contributed by atoms with E-state index in [9.17, 15) is 19.5 Å². The predicted octanol–water partition coefficient (Wildman–Crippen LogP) is 4.60. The SMILES string of the molecule is CCOC(=O)c1c(-c2ccc(OCC)cc2)csc1NC(=O)C1CC=CCC1C(=O)O. The number of nitrogens with one attached hydrogen (secondary N) is 1. The minimum absolute atomic E-state index is 0.194. The Hall–Kier alpha value is -3.13. The Morgan fingerprint density at radius 2 is 1.74 bits per heavy atom. The molecule has 1 aromatic carbocycles. The van der Waals surface area contributed by atoms with Gasteiger partial charge in [0.1, 0.15) is 16.3 Å². The minimum Gasteiger partial charge on any atom is -0.494 e. The van der Waals surface area contributed by atoms with Gasteiger partial charge in [-0.15, -0.1) is 11.3 Å². The maximum absolute atomic E-state index is 12.9. The molecule has 1 heterocycles. The lowest BCUT2D eigenvalue weighted by Crippen LogP contribution is -2.34. The lowest BCUT2D eigenvalue weighted by molar-refractivity contribution is -0.146. The van der Waals surface area contributed by atoms with Gasteiger partial charge in [0.15, 0.2) is 0 Å². The van der Waals surface area contributed by atoms with E-state index < -0.39 is 29.7 Å². The van der Waals surface area contributed by atoms with E-state index in [1.165, 1.54) is 11.3 Å². The molecule has 1 amide bonds. The Kier molecular flexibility index (Phi) is 7.46. The van der Waals surface area contributed by atoms with Gasteiger partial charge in [0.25, 0.3) is 0 Å². The smallest absolute Gasteiger partial charge is 0.341 e. The molecule has 2 unspecified atom stereocenters. The predicted molar refractivity (Wildman–Crippen MR) is 119 cm³/mol. The number of esters is 1. The number of carboxylic acid groups (broad SMARTS) is 1. The second kappa shape index (κ2) is 10.3. The molecule has 7 nitrogen and oxygen atoms in total. The van der Waals surface area contributed by atoms with Gasteiger partial charge in [0.05, 0.1) is 25.0 Å². The van der Waals surface area contributed by atoms with Crippen molar-refractivity contribution < 1.29 is 29.0 Å². The molecule has 2 N–H and O–H groups in total. The quantitative estimate of drug-likeness (QED) is 0.457. The molecule has 0 saturated carbocycles. The second-order valence-corrected chi connectivity index (χ2v) is 7.89. The Morgan fingerprint density at radius 1 is 1.06 bits per heavy atom. The van der Waals surface area contributed by atoms with Crippen molar-refractivity contribution in [2.75, 3.05) is 18.5 Å². The third kappa shape index (κ3) is 5.14. The number of amides is 1. The summed E-state index contributed by atoms with van der Waals surface area (Å²) in [5.74, 6) is -2.73. The van der Waals surface area contributed by atoms with E-state index in [1.807, 2.05) is 37.3 Å². The third-order valence-corrected chi connectivity index (χ3v) is 5.97. The van der Waals surface area contributed by atoms with E-state index >= 15 is 0 Å². The molecule has 1 aliphatic rings. The first kappa shape index (κ1) is 22.6. The summed E-state index contributed by atoms with van der Waals surface area (Å²) >= 11 is 1.21. The maximum Gasteiger partial charge on any atom is 0.341 e. The molecular formula is C23H25NO6S. The summed E-state index contributed by atoms with van der Waals surface area (Å²) in [5, 5.41) is 14.4. The topological polar surface area (TPSA) is 102 Å². The first-order valence-electron chi connectivity index (χ1n) is 10.2. The van der Waals surface area contributed by atoms with Crippen molar-refractivity contribution in [3.63, 3.8) is 0 Å². The summed E-state index contributed by atoms with van der Waals surface area (Å²) in [7, 11) is 0. The zero-order valence-electron chi connectivity index (χ0n) is 17.4. The number of hydrogen-bond acceptors (Lipinski definition) is 6. The van der Waals surface area contributed by atoms with Crippen LogP contribution >= 0.6 is 11.3 Å². The Labute approximate surface area is 184 Å². The summed E-state index contributed by atoms with van der Waals surface area (Å²) in [6.45, 7) is 4.36. The molecular weight excluding hydrogens is 418 g/mol. The molecule has 0 aliphatic heterocycles. The summed E-state index contributed by atoms with van der Waals surface area (Å²) in [5.41, 5.74) is 1.69. The van der Waals surface area contributed by atoms with Crippen LogP contribution in [0.2, 0.25) is 0 Å². The van der Waals surface area contributed by atoms with Crippen LogP contribution in [0.3, 0.4) is 0 Å². The zero-order chi connectivity index (χ0) is 22.4. The fourth-order valence-electron chi connectivity index (χ4n) is 3.55. The van der Waals surface area contributed by atoms with Gasteiger partial charge in [0.2, 0.25) is 5.91 Å². The molecule has 1 aliphatic carbocycles. The lowest BCUT2D eigenvalue weighted by atomic mass is 9.82. The van der Waals surface area contributed by atoms with Crippen LogP contribution in [0.25, 0.3) is 11.1 Å². The van der Waals surface area contributed by atoms with Crippen molar-refractivity contribution >= 4 is 34.2 Å². The normalized spacial score (nSPS) is 17.7. The van der Waals surface area contributed by atoms with Gasteiger partial charge in [0, 0.05) is 10.9 Å². The number of allylic oxidation sites excluding steroid dienone is 2. The Balaban J connectivity index is 1.91. The van der Waals surface area contributed by atoms with Gasteiger partial charge in [-0.2, -0.15) is 0 Å². The third-order valence-electron chi connectivity index (χ3n) is 5.07. The highest BCUT2D eigenvalue weighted by Crippen LogP contribution is 2.38. The molecule has 1 aromatic heterocycles. The van der Waals surface area contributed by atoms with E-state index in [4.69, 9.17) is 9.47 Å². The number of aliphatic carboxylic acids is 1. The lowest BCUT2D eigenvalue weighted by Gasteiger charge is -2.24. The monoisotopic (exact) mass is 443 g/mol. The highest BCUT2D eigenvalue weighted by molar-refractivity contribution is 7.15. The summed E-state index contributed by atoms with van der Waals surface area (Å²) < 4.78 is 10.7. The average molecular weight is 444 g/mol. The minimum atomic E-state index is -1.00. The van der Waals surface area contributed by atoms with Gasteiger partial charge in [-0.05, 0) is 44.4 Å². The number of ether oxygens (including phenoxy) is 2. The molecule has 2 aromatic rings. The van der Waals surface area contributed by atoms with E-state index in [2.05, 4.69) is 5.32 Å². The number of benzene rings is 1. The number of thiophene rings is 1. The molecule has 8 heteroatoms. The van der Waals surface area contributed by atoms with Gasteiger partial charge in [-0.1, -0.05) is 24.3 Å².